The summed E-state index contributed by atoms with van der Waals surface area (Å²) >= 11 is 0. The Balaban J connectivity index is 1.64. The molecule has 3 heterocycles. The summed E-state index contributed by atoms with van der Waals surface area (Å²) in [4.78, 5) is 28.6. The first-order valence-corrected chi connectivity index (χ1v) is 10.9. The highest BCUT2D eigenvalue weighted by molar-refractivity contribution is 6.01. The molecule has 1 saturated heterocycles. The van der Waals surface area contributed by atoms with E-state index < -0.39 is 0 Å². The molecular weight excluding hydrogens is 378 g/mol. The molecule has 0 aliphatic carbocycles. The fourth-order valence-electron chi connectivity index (χ4n) is 4.66. The van der Waals surface area contributed by atoms with E-state index in [0.717, 1.165) is 37.1 Å². The van der Waals surface area contributed by atoms with Gasteiger partial charge in [-0.05, 0) is 44.7 Å². The highest BCUT2D eigenvalue weighted by Crippen LogP contribution is 2.31. The Kier molecular flexibility index (Phi) is 5.69. The predicted molar refractivity (Wildman–Crippen MR) is 115 cm³/mol. The highest BCUT2D eigenvalue weighted by Gasteiger charge is 2.38. The standard InChI is InChI=1S/C24H31N3O3/c1-4-19(17-9-6-5-7-10-17)25-22(28)18-15-20(26-13-14-30-16-21(18)26)23(29)27-12-8-11-24(27,2)3/h5-7,9-10,15,19H,4,8,11-14,16H2,1-3H3,(H,25,28). The van der Waals surface area contributed by atoms with Gasteiger partial charge in [-0.1, -0.05) is 37.3 Å². The van der Waals surface area contributed by atoms with E-state index in [1.54, 1.807) is 6.07 Å². The summed E-state index contributed by atoms with van der Waals surface area (Å²) in [6.07, 6.45) is 2.80. The molecule has 6 nitrogen and oxygen atoms in total. The number of hydrogen-bond acceptors (Lipinski definition) is 3. The maximum Gasteiger partial charge on any atom is 0.270 e. The van der Waals surface area contributed by atoms with Crippen molar-refractivity contribution in [2.45, 2.75) is 64.8 Å². The summed E-state index contributed by atoms with van der Waals surface area (Å²) in [6.45, 7) is 8.53. The average Bonchev–Trinajstić information content (AvgIpc) is 3.32. The van der Waals surface area contributed by atoms with Gasteiger partial charge < -0.3 is 19.5 Å². The first-order valence-electron chi connectivity index (χ1n) is 10.9. The molecule has 4 rings (SSSR count). The smallest absolute Gasteiger partial charge is 0.270 e. The van der Waals surface area contributed by atoms with Crippen LogP contribution in [0.25, 0.3) is 0 Å². The van der Waals surface area contributed by atoms with Crippen LogP contribution in [-0.2, 0) is 17.9 Å². The highest BCUT2D eigenvalue weighted by atomic mass is 16.5. The van der Waals surface area contributed by atoms with Crippen LogP contribution in [0.4, 0.5) is 0 Å². The second-order valence-electron chi connectivity index (χ2n) is 8.81. The van der Waals surface area contributed by atoms with E-state index in [0.29, 0.717) is 31.0 Å². The van der Waals surface area contributed by atoms with E-state index in [9.17, 15) is 9.59 Å². The molecule has 1 fully saturated rings. The number of hydrogen-bond donors (Lipinski definition) is 1. The van der Waals surface area contributed by atoms with Gasteiger partial charge in [-0.2, -0.15) is 0 Å². The SMILES string of the molecule is CCC(NC(=O)c1cc(C(=O)N2CCCC2(C)C)n2c1COCC2)c1ccccc1. The number of nitrogens with one attached hydrogen (secondary N) is 1. The van der Waals surface area contributed by atoms with Gasteiger partial charge in [-0.25, -0.2) is 0 Å². The van der Waals surface area contributed by atoms with Crippen LogP contribution >= 0.6 is 0 Å². The monoisotopic (exact) mass is 409 g/mol. The molecular formula is C24H31N3O3. The fraction of sp³-hybridized carbons (Fsp3) is 0.500. The molecule has 1 N–H and O–H groups in total. The molecule has 30 heavy (non-hydrogen) atoms. The lowest BCUT2D eigenvalue weighted by Gasteiger charge is -2.32. The summed E-state index contributed by atoms with van der Waals surface area (Å²) in [5.74, 6) is -0.144. The quantitative estimate of drug-likeness (QED) is 0.814. The van der Waals surface area contributed by atoms with Gasteiger partial charge in [0.1, 0.15) is 5.69 Å². The summed E-state index contributed by atoms with van der Waals surface area (Å²) in [5.41, 5.74) is 2.86. The molecule has 2 amide bonds. The molecule has 0 bridgehead atoms. The molecule has 1 atom stereocenters. The van der Waals surface area contributed by atoms with E-state index in [1.165, 1.54) is 0 Å². The third-order valence-corrected chi connectivity index (χ3v) is 6.43. The molecule has 2 aliphatic heterocycles. The van der Waals surface area contributed by atoms with Crippen LogP contribution < -0.4 is 5.32 Å². The lowest BCUT2D eigenvalue weighted by molar-refractivity contribution is 0.0607. The molecule has 160 valence electrons. The number of likely N-dealkylation sites (tertiary alicyclic amines) is 1. The lowest BCUT2D eigenvalue weighted by Crippen LogP contribution is -2.43. The molecule has 1 aromatic carbocycles. The van der Waals surface area contributed by atoms with Crippen molar-refractivity contribution in [1.82, 2.24) is 14.8 Å². The number of aromatic nitrogens is 1. The molecule has 1 unspecified atom stereocenters. The Morgan fingerprint density at radius 3 is 2.63 bits per heavy atom. The van der Waals surface area contributed by atoms with Gasteiger partial charge in [0.05, 0.1) is 30.5 Å². The van der Waals surface area contributed by atoms with Crippen LogP contribution in [0.1, 0.15) is 78.2 Å². The normalized spacial score (nSPS) is 18.7. The molecule has 6 heteroatoms. The van der Waals surface area contributed by atoms with Crippen molar-refractivity contribution in [2.75, 3.05) is 13.2 Å². The van der Waals surface area contributed by atoms with Gasteiger partial charge in [0.2, 0.25) is 0 Å². The first kappa shape index (κ1) is 20.7. The van der Waals surface area contributed by atoms with Gasteiger partial charge in [-0.15, -0.1) is 0 Å². The van der Waals surface area contributed by atoms with E-state index in [-0.39, 0.29) is 23.4 Å². The van der Waals surface area contributed by atoms with Gasteiger partial charge in [0, 0.05) is 18.6 Å². The minimum absolute atomic E-state index is 0.00907. The van der Waals surface area contributed by atoms with Crippen molar-refractivity contribution >= 4 is 11.8 Å². The second kappa shape index (κ2) is 8.26. The Morgan fingerprint density at radius 1 is 1.20 bits per heavy atom. The number of nitrogens with zero attached hydrogens (tertiary/aromatic N) is 2. The molecule has 0 saturated carbocycles. The summed E-state index contributed by atoms with van der Waals surface area (Å²) < 4.78 is 7.62. The van der Waals surface area contributed by atoms with E-state index in [2.05, 4.69) is 26.1 Å². The van der Waals surface area contributed by atoms with Crippen LogP contribution in [-0.4, -0.2) is 40.0 Å². The topological polar surface area (TPSA) is 63.6 Å². The van der Waals surface area contributed by atoms with Crippen molar-refractivity contribution in [3.05, 3.63) is 58.9 Å². The van der Waals surface area contributed by atoms with Crippen molar-refractivity contribution in [3.8, 4) is 0 Å². The lowest BCUT2D eigenvalue weighted by atomic mass is 10.0. The minimum Gasteiger partial charge on any atom is -0.373 e. The van der Waals surface area contributed by atoms with Crippen molar-refractivity contribution in [1.29, 1.82) is 0 Å². The number of rotatable bonds is 5. The number of amides is 2. The number of benzene rings is 1. The third-order valence-electron chi connectivity index (χ3n) is 6.43. The maximum absolute atomic E-state index is 13.4. The van der Waals surface area contributed by atoms with E-state index in [4.69, 9.17) is 4.74 Å². The zero-order chi connectivity index (χ0) is 21.3. The second-order valence-corrected chi connectivity index (χ2v) is 8.81. The Morgan fingerprint density at radius 2 is 1.97 bits per heavy atom. The van der Waals surface area contributed by atoms with Crippen LogP contribution in [0.2, 0.25) is 0 Å². The Hall–Kier alpha value is -2.60. The number of carbonyl (C=O) groups excluding carboxylic acids is 2. The zero-order valence-electron chi connectivity index (χ0n) is 18.1. The van der Waals surface area contributed by atoms with Crippen LogP contribution in [0.15, 0.2) is 36.4 Å². The average molecular weight is 410 g/mol. The first-order chi connectivity index (χ1) is 14.4. The molecule has 2 aromatic rings. The maximum atomic E-state index is 13.4. The summed E-state index contributed by atoms with van der Waals surface area (Å²) in [6, 6.07) is 11.7. The van der Waals surface area contributed by atoms with Gasteiger partial charge in [0.25, 0.3) is 11.8 Å². The Bertz CT molecular complexity index is 933. The largest absolute Gasteiger partial charge is 0.373 e. The van der Waals surface area contributed by atoms with Crippen molar-refractivity contribution in [2.24, 2.45) is 0 Å². The van der Waals surface area contributed by atoms with E-state index in [1.807, 2.05) is 39.8 Å². The number of fused-ring (bicyclic) bond motifs is 1. The molecule has 1 aromatic heterocycles. The number of ether oxygens (including phenoxy) is 1. The molecule has 0 spiro atoms. The van der Waals surface area contributed by atoms with Crippen molar-refractivity contribution < 1.29 is 14.3 Å². The summed E-state index contributed by atoms with van der Waals surface area (Å²) in [7, 11) is 0. The third kappa shape index (κ3) is 3.76. The Labute approximate surface area is 178 Å². The van der Waals surface area contributed by atoms with Crippen molar-refractivity contribution in [3.63, 3.8) is 0 Å². The van der Waals surface area contributed by atoms with Gasteiger partial charge in [-0.3, -0.25) is 9.59 Å². The summed E-state index contributed by atoms with van der Waals surface area (Å²) in [5, 5.41) is 3.15. The van der Waals surface area contributed by atoms with Crippen LogP contribution in [0, 0.1) is 0 Å². The zero-order valence-corrected chi connectivity index (χ0v) is 18.1. The molecule has 2 aliphatic rings. The van der Waals surface area contributed by atoms with Gasteiger partial charge >= 0.3 is 0 Å². The molecule has 0 radical (unpaired) electrons. The predicted octanol–water partition coefficient (Wildman–Crippen LogP) is 3.91. The van der Waals surface area contributed by atoms with Crippen LogP contribution in [0.5, 0.6) is 0 Å². The number of carbonyl (C=O) groups is 2. The van der Waals surface area contributed by atoms with E-state index >= 15 is 0 Å². The van der Waals surface area contributed by atoms with Gasteiger partial charge in [0.15, 0.2) is 0 Å². The minimum atomic E-state index is -0.157. The fourth-order valence-corrected chi connectivity index (χ4v) is 4.66. The van der Waals surface area contributed by atoms with Crippen LogP contribution in [0.3, 0.4) is 0 Å².